The monoisotopic (exact) mass is 699 g/mol. The van der Waals surface area contributed by atoms with Crippen LogP contribution in [0.2, 0.25) is 10.0 Å². The molecule has 0 aromatic heterocycles. The van der Waals surface area contributed by atoms with Crippen molar-refractivity contribution in [3.63, 3.8) is 0 Å². The lowest BCUT2D eigenvalue weighted by Gasteiger charge is -2.50. The van der Waals surface area contributed by atoms with Crippen LogP contribution < -0.4 is 9.04 Å². The average molecular weight is 701 g/mol. The summed E-state index contributed by atoms with van der Waals surface area (Å²) in [6.07, 6.45) is -11.3. The Labute approximate surface area is 259 Å². The summed E-state index contributed by atoms with van der Waals surface area (Å²) in [5.41, 5.74) is -4.16. The largest absolute Gasteiger partial charge is 0.495 e. The van der Waals surface area contributed by atoms with E-state index in [-0.39, 0.29) is 12.2 Å². The molecule has 1 aliphatic rings. The molecule has 0 spiro atoms. The molecule has 0 heterocycles. The molecular weight excluding hydrogens is 679 g/mol. The number of halogens is 8. The molecule has 1 aliphatic carbocycles. The average Bonchev–Trinajstić information content (AvgIpc) is 2.95. The number of sulfonamides is 1. The summed E-state index contributed by atoms with van der Waals surface area (Å²) in [4.78, 5) is -6.43. The number of benzene rings is 3. The van der Waals surface area contributed by atoms with Gasteiger partial charge in [-0.25, -0.2) is 21.1 Å². The lowest BCUT2D eigenvalue weighted by Crippen LogP contribution is -2.67. The standard InChI is InChI=1S/C28H21Cl2F6NO5S2/c1-17-15-22(27(31,32)33)26(23(16-17)28(34,35)36,43(38,39)18-9-5-3-6-10-18)37(44(40,41)19-11-7-4-8-12-19)25-20(29)13-14-21(42-2)24(25)30/h3-16,22H,1-2H3. The van der Waals surface area contributed by atoms with Crippen molar-refractivity contribution in [1.29, 1.82) is 0 Å². The van der Waals surface area contributed by atoms with Crippen molar-refractivity contribution >= 4 is 48.7 Å². The van der Waals surface area contributed by atoms with Gasteiger partial charge in [0.25, 0.3) is 10.0 Å². The SMILES string of the molecule is COc1ccc(Cl)c(N(C2(S(=O)(=O)c3ccccc3)C(C(F)(F)F)=CC(C)=CC2C(F)(F)F)S(=O)(=O)c2ccccc2)c1Cl. The first-order chi connectivity index (χ1) is 20.3. The Balaban J connectivity index is 2.42. The molecule has 0 saturated carbocycles. The summed E-state index contributed by atoms with van der Waals surface area (Å²) in [5.74, 6) is -4.06. The number of allylic oxidation sites excluding steroid dienone is 2. The number of hydrogen-bond donors (Lipinski definition) is 0. The van der Waals surface area contributed by atoms with Crippen LogP contribution in [0.4, 0.5) is 32.0 Å². The summed E-state index contributed by atoms with van der Waals surface area (Å²) in [6.45, 7) is 0.894. The topological polar surface area (TPSA) is 80.8 Å². The fourth-order valence-electron chi connectivity index (χ4n) is 4.99. The van der Waals surface area contributed by atoms with E-state index in [4.69, 9.17) is 27.9 Å². The molecular formula is C28H21Cl2F6NO5S2. The molecule has 2 unspecified atom stereocenters. The van der Waals surface area contributed by atoms with Gasteiger partial charge in [0.2, 0.25) is 14.7 Å². The molecule has 0 amide bonds. The maximum atomic E-state index is 15.2. The number of ether oxygens (including phenoxy) is 1. The van der Waals surface area contributed by atoms with Gasteiger partial charge in [-0.1, -0.05) is 71.2 Å². The van der Waals surface area contributed by atoms with Crippen molar-refractivity contribution in [2.45, 2.75) is 33.9 Å². The molecule has 6 nitrogen and oxygen atoms in total. The summed E-state index contributed by atoms with van der Waals surface area (Å²) in [5, 5.41) is -1.65. The van der Waals surface area contributed by atoms with Crippen LogP contribution >= 0.6 is 23.2 Å². The molecule has 0 N–H and O–H groups in total. The molecule has 0 bridgehead atoms. The zero-order valence-corrected chi connectivity index (χ0v) is 25.6. The third kappa shape index (κ3) is 5.46. The molecule has 44 heavy (non-hydrogen) atoms. The normalized spacial score (nSPS) is 19.6. The minimum atomic E-state index is -6.07. The molecule has 0 saturated heterocycles. The second-order valence-electron chi connectivity index (χ2n) is 9.49. The fourth-order valence-corrected chi connectivity index (χ4v) is 10.2. The van der Waals surface area contributed by atoms with Crippen LogP contribution in [0, 0.1) is 5.92 Å². The quantitative estimate of drug-likeness (QED) is 0.234. The Bertz CT molecular complexity index is 1850. The predicted octanol–water partition coefficient (Wildman–Crippen LogP) is 7.99. The smallest absolute Gasteiger partial charge is 0.416 e. The predicted molar refractivity (Wildman–Crippen MR) is 153 cm³/mol. The van der Waals surface area contributed by atoms with E-state index in [1.165, 1.54) is 12.1 Å². The van der Waals surface area contributed by atoms with Crippen LogP contribution in [0.15, 0.2) is 106 Å². The minimum absolute atomic E-state index is 0.165. The maximum absolute atomic E-state index is 15.2. The van der Waals surface area contributed by atoms with E-state index in [2.05, 4.69) is 0 Å². The first-order valence-electron chi connectivity index (χ1n) is 12.3. The third-order valence-electron chi connectivity index (χ3n) is 6.77. The van der Waals surface area contributed by atoms with Crippen molar-refractivity contribution in [2.24, 2.45) is 5.92 Å². The third-order valence-corrected chi connectivity index (χ3v) is 11.7. The molecule has 0 aliphatic heterocycles. The molecule has 2 atom stereocenters. The van der Waals surface area contributed by atoms with Gasteiger partial charge in [0, 0.05) is 0 Å². The first-order valence-corrected chi connectivity index (χ1v) is 16.0. The van der Waals surface area contributed by atoms with Gasteiger partial charge in [0.05, 0.1) is 33.2 Å². The van der Waals surface area contributed by atoms with E-state index in [9.17, 15) is 16.8 Å². The number of hydrogen-bond acceptors (Lipinski definition) is 5. The molecule has 0 fully saturated rings. The van der Waals surface area contributed by atoms with Gasteiger partial charge in [0.1, 0.15) is 16.7 Å². The van der Waals surface area contributed by atoms with Gasteiger partial charge in [-0.05, 0) is 49.4 Å². The number of nitrogens with zero attached hydrogens (tertiary/aromatic N) is 1. The van der Waals surface area contributed by atoms with E-state index in [1.807, 2.05) is 0 Å². The molecule has 236 valence electrons. The summed E-state index contributed by atoms with van der Waals surface area (Å²) < 4.78 is 154. The number of methoxy groups -OCH3 is 1. The van der Waals surface area contributed by atoms with E-state index in [0.29, 0.717) is 0 Å². The van der Waals surface area contributed by atoms with E-state index >= 15 is 26.3 Å². The zero-order chi connectivity index (χ0) is 32.9. The first kappa shape index (κ1) is 33.7. The van der Waals surface area contributed by atoms with Gasteiger partial charge in [-0.3, -0.25) is 0 Å². The van der Waals surface area contributed by atoms with Crippen molar-refractivity contribution in [1.82, 2.24) is 0 Å². The number of alkyl halides is 6. The second-order valence-corrected chi connectivity index (χ2v) is 14.2. The second kappa shape index (κ2) is 11.6. The number of rotatable bonds is 7. The van der Waals surface area contributed by atoms with Gasteiger partial charge < -0.3 is 4.74 Å². The van der Waals surface area contributed by atoms with Crippen LogP contribution in [-0.4, -0.2) is 41.2 Å². The summed E-state index contributed by atoms with van der Waals surface area (Å²) in [7, 11) is -10.7. The summed E-state index contributed by atoms with van der Waals surface area (Å²) >= 11 is 12.8. The molecule has 16 heteroatoms. The Morgan fingerprint density at radius 1 is 0.818 bits per heavy atom. The van der Waals surface area contributed by atoms with Crippen molar-refractivity contribution in [3.05, 3.63) is 106 Å². The van der Waals surface area contributed by atoms with Crippen LogP contribution in [-0.2, 0) is 19.9 Å². The van der Waals surface area contributed by atoms with Gasteiger partial charge in [-0.15, -0.1) is 0 Å². The van der Waals surface area contributed by atoms with Crippen LogP contribution in [0.25, 0.3) is 0 Å². The maximum Gasteiger partial charge on any atom is 0.416 e. The van der Waals surface area contributed by atoms with Crippen LogP contribution in [0.3, 0.4) is 0 Å². The Morgan fingerprint density at radius 2 is 1.34 bits per heavy atom. The molecule has 3 aromatic carbocycles. The fraction of sp³-hybridized carbons (Fsp3) is 0.214. The molecule has 0 radical (unpaired) electrons. The number of anilines is 1. The Morgan fingerprint density at radius 3 is 1.82 bits per heavy atom. The Kier molecular flexibility index (Phi) is 8.90. The zero-order valence-electron chi connectivity index (χ0n) is 22.5. The van der Waals surface area contributed by atoms with Crippen molar-refractivity contribution in [2.75, 3.05) is 11.4 Å². The molecule has 4 rings (SSSR count). The van der Waals surface area contributed by atoms with E-state index in [0.717, 1.165) is 74.7 Å². The minimum Gasteiger partial charge on any atom is -0.495 e. The highest BCUT2D eigenvalue weighted by molar-refractivity contribution is 7.97. The van der Waals surface area contributed by atoms with Crippen molar-refractivity contribution < 1.29 is 47.9 Å². The highest BCUT2D eigenvalue weighted by atomic mass is 35.5. The lowest BCUT2D eigenvalue weighted by atomic mass is 9.83. The summed E-state index contributed by atoms with van der Waals surface area (Å²) in [6, 6.07) is 12.2. The van der Waals surface area contributed by atoms with Crippen molar-refractivity contribution in [3.8, 4) is 5.75 Å². The molecule has 3 aromatic rings. The highest BCUT2D eigenvalue weighted by Crippen LogP contribution is 2.59. The van der Waals surface area contributed by atoms with Crippen LogP contribution in [0.1, 0.15) is 6.92 Å². The lowest BCUT2D eigenvalue weighted by molar-refractivity contribution is -0.173. The highest BCUT2D eigenvalue weighted by Gasteiger charge is 2.73. The van der Waals surface area contributed by atoms with E-state index in [1.54, 1.807) is 0 Å². The van der Waals surface area contributed by atoms with Gasteiger partial charge >= 0.3 is 12.4 Å². The van der Waals surface area contributed by atoms with Crippen LogP contribution in [0.5, 0.6) is 5.75 Å². The van der Waals surface area contributed by atoms with E-state index < -0.39 is 89.7 Å². The van der Waals surface area contributed by atoms with Gasteiger partial charge in [0.15, 0.2) is 0 Å². The van der Waals surface area contributed by atoms with Gasteiger partial charge in [-0.2, -0.15) is 26.3 Å². The number of sulfone groups is 1. The Hall–Kier alpha value is -3.20.